The van der Waals surface area contributed by atoms with Crippen LogP contribution in [-0.4, -0.2) is 136 Å². The Bertz CT molecular complexity index is 4500. The fourth-order valence-corrected chi connectivity index (χ4v) is 12.3. The van der Waals surface area contributed by atoms with Gasteiger partial charge in [-0.1, -0.05) is 72.7 Å². The molecule has 0 atom stereocenters. The molecule has 8 aromatic rings. The summed E-state index contributed by atoms with van der Waals surface area (Å²) >= 11 is 0. The number of carboxylic acid groups (broad SMARTS) is 3. The van der Waals surface area contributed by atoms with Crippen LogP contribution in [0.1, 0.15) is 163 Å². The summed E-state index contributed by atoms with van der Waals surface area (Å²) in [5, 5.41) is 45.2. The third kappa shape index (κ3) is 26.8. The van der Waals surface area contributed by atoms with Crippen LogP contribution in [0.3, 0.4) is 0 Å². The Labute approximate surface area is 652 Å². The number of nitrogens with zero attached hydrogens (tertiary/aromatic N) is 7. The number of ether oxygens (including phenoxy) is 4. The van der Waals surface area contributed by atoms with Gasteiger partial charge in [0, 0.05) is 56.0 Å². The van der Waals surface area contributed by atoms with Gasteiger partial charge in [0.05, 0.1) is 50.0 Å². The number of carbonyl (C=O) groups is 4. The summed E-state index contributed by atoms with van der Waals surface area (Å²) in [5.74, 6) is -3.06. The molecular weight excluding hydrogens is 1440 g/mol. The number of halogens is 3. The van der Waals surface area contributed by atoms with Crippen molar-refractivity contribution >= 4 is 50.4 Å². The third-order valence-electron chi connectivity index (χ3n) is 15.2. The van der Waals surface area contributed by atoms with Crippen molar-refractivity contribution in [2.24, 2.45) is 5.41 Å². The number of aliphatic hydroxyl groups is 1. The first-order valence-electron chi connectivity index (χ1n) is 32.2. The zero-order valence-corrected chi connectivity index (χ0v) is 66.8. The minimum Gasteiger partial charge on any atom is -0.543 e. The molecule has 0 aliphatic carbocycles. The van der Waals surface area contributed by atoms with E-state index in [-0.39, 0.29) is 130 Å². The van der Waals surface area contributed by atoms with E-state index in [1.165, 1.54) is 62.8 Å². The molecule has 0 aliphatic heterocycles. The Hall–Kier alpha value is -8.49. The van der Waals surface area contributed by atoms with Gasteiger partial charge >= 0.3 is 69.5 Å². The predicted molar refractivity (Wildman–Crippen MR) is 376 cm³/mol. The van der Waals surface area contributed by atoms with Crippen LogP contribution in [-0.2, 0) is 80.8 Å². The van der Waals surface area contributed by atoms with Gasteiger partial charge in [-0.15, -0.1) is 0 Å². The number of carbonyl (C=O) groups excluding carboxylic acids is 4. The molecule has 105 heavy (non-hydrogen) atoms. The normalized spacial score (nSPS) is 11.6. The summed E-state index contributed by atoms with van der Waals surface area (Å²) < 4.78 is 119. The van der Waals surface area contributed by atoms with E-state index in [1.54, 1.807) is 114 Å². The minimum atomic E-state index is -4.27. The first-order valence-corrected chi connectivity index (χ1v) is 35.5. The van der Waals surface area contributed by atoms with Gasteiger partial charge in [-0.05, 0) is 188 Å². The Balaban J connectivity index is 0.000000399. The van der Waals surface area contributed by atoms with Crippen LogP contribution in [0.2, 0.25) is 0 Å². The molecule has 0 radical (unpaired) electrons. The van der Waals surface area contributed by atoms with Crippen molar-refractivity contribution in [3.05, 3.63) is 184 Å². The van der Waals surface area contributed by atoms with Gasteiger partial charge in [-0.2, -0.15) is 28.5 Å². The van der Waals surface area contributed by atoms with Gasteiger partial charge in [0.25, 0.3) is 16.5 Å². The van der Waals surface area contributed by atoms with E-state index in [0.29, 0.717) is 44.9 Å². The standard InChI is InChI=1S/C28H36FN3O5S.C24H29N3O7S.C20H23F2NO2.CH2O2.CO2.K/c1-17(2)20-12-19(29)13-21(22(20)15-27(3,4)5)18-9-10-30-24(11-18)37-16-28(6,7)32-23(26(33)34)14-25(31-32)38(8,35)36;1-24(2,16-28)27-21(23(29)30)13-22(25-27)35(31,32)26(14-17-5-9-19(33-3)10-6-17)15-18-7-11-20(34-4)12-8-18;1-12(2)15-9-14(21)10-16(13-6-7-23-18(22)8-13)17(15)11-19(24)25-20(3,4)5;2*2-1-3;/h9-14,17H,15-16H2,1-8H3,(H,33,34);5-13,28H,14-16H2,1-4H3,(H,29,30);6-10,12H,11H2,1-5H3;1H,(H,2,3);;/q;;;;;+1/p-1. The van der Waals surface area contributed by atoms with Gasteiger partial charge < -0.3 is 44.2 Å². The van der Waals surface area contributed by atoms with Crippen LogP contribution in [0, 0.1) is 23.0 Å². The van der Waals surface area contributed by atoms with Gasteiger partial charge in [0.15, 0.2) is 19.9 Å². The fourth-order valence-electron chi connectivity index (χ4n) is 10.4. The quantitative estimate of drug-likeness (QED) is 0.0222. The predicted octanol–water partition coefficient (Wildman–Crippen LogP) is 8.25. The summed E-state index contributed by atoms with van der Waals surface area (Å²) in [6.07, 6.45) is 4.86. The molecule has 0 saturated carbocycles. The number of aromatic carboxylic acids is 2. The van der Waals surface area contributed by atoms with Crippen molar-refractivity contribution in [2.45, 2.75) is 161 Å². The number of pyridine rings is 2. The number of sulfone groups is 1. The summed E-state index contributed by atoms with van der Waals surface area (Å²) in [6.45, 7) is 25.4. The van der Waals surface area contributed by atoms with Crippen molar-refractivity contribution in [2.75, 3.05) is 33.7 Å². The molecule has 562 valence electrons. The van der Waals surface area contributed by atoms with E-state index in [2.05, 4.69) is 40.9 Å². The zero-order chi connectivity index (χ0) is 78.6. The summed E-state index contributed by atoms with van der Waals surface area (Å²) in [6, 6.07) is 28.1. The molecule has 25 nitrogen and oxygen atoms in total. The number of sulfonamides is 1. The Morgan fingerprint density at radius 3 is 1.51 bits per heavy atom. The first-order chi connectivity index (χ1) is 48.3. The Morgan fingerprint density at radius 1 is 0.657 bits per heavy atom. The number of aliphatic hydroxyl groups excluding tert-OH is 1. The fraction of sp³-hybridized carbons (Fsp3) is 0.392. The van der Waals surface area contributed by atoms with Crippen molar-refractivity contribution in [1.82, 2.24) is 33.8 Å². The van der Waals surface area contributed by atoms with Crippen LogP contribution < -0.4 is 70.7 Å². The summed E-state index contributed by atoms with van der Waals surface area (Å²) in [4.78, 5) is 68.3. The van der Waals surface area contributed by atoms with E-state index in [4.69, 9.17) is 38.4 Å². The number of hydrogen-bond donors (Lipinski definition) is 3. The van der Waals surface area contributed by atoms with Crippen molar-refractivity contribution in [3.63, 3.8) is 0 Å². The topological polar surface area (TPSA) is 356 Å². The number of aromatic nitrogens is 6. The maximum absolute atomic E-state index is 14.7. The molecule has 0 fully saturated rings. The molecule has 4 aromatic carbocycles. The number of esters is 1. The Morgan fingerprint density at radius 2 is 1.10 bits per heavy atom. The molecular formula is C74H89F3KN7O18S2. The maximum Gasteiger partial charge on any atom is 1.00 e. The molecule has 4 aromatic heterocycles. The average molecular weight is 1520 g/mol. The van der Waals surface area contributed by atoms with Gasteiger partial charge in [0.1, 0.15) is 41.0 Å². The third-order valence-corrected chi connectivity index (χ3v) is 17.8. The molecule has 31 heteroatoms. The monoisotopic (exact) mass is 1520 g/mol. The smallest absolute Gasteiger partial charge is 0.543 e. The van der Waals surface area contributed by atoms with E-state index in [0.717, 1.165) is 56.4 Å². The molecule has 0 spiro atoms. The van der Waals surface area contributed by atoms with Crippen molar-refractivity contribution in [1.29, 1.82) is 0 Å². The molecule has 0 aliphatic rings. The molecule has 3 N–H and O–H groups in total. The zero-order valence-electron chi connectivity index (χ0n) is 62.1. The van der Waals surface area contributed by atoms with E-state index < -0.39 is 83.5 Å². The van der Waals surface area contributed by atoms with Crippen LogP contribution in [0.5, 0.6) is 17.4 Å². The van der Waals surface area contributed by atoms with E-state index in [9.17, 15) is 59.7 Å². The second-order valence-corrected chi connectivity index (χ2v) is 31.6. The van der Waals surface area contributed by atoms with Gasteiger partial charge in [-0.25, -0.2) is 45.1 Å². The van der Waals surface area contributed by atoms with E-state index in [1.807, 2.05) is 27.7 Å². The summed E-state index contributed by atoms with van der Waals surface area (Å²) in [5.41, 5.74) is 3.70. The van der Waals surface area contributed by atoms with Crippen LogP contribution >= 0.6 is 0 Å². The molecule has 8 rings (SSSR count). The molecule has 4 heterocycles. The van der Waals surface area contributed by atoms with Crippen LogP contribution in [0.4, 0.5) is 13.2 Å². The van der Waals surface area contributed by atoms with Crippen LogP contribution in [0.25, 0.3) is 22.3 Å². The van der Waals surface area contributed by atoms with E-state index >= 15 is 0 Å². The summed E-state index contributed by atoms with van der Waals surface area (Å²) in [7, 11) is -4.91. The van der Waals surface area contributed by atoms with Crippen LogP contribution in [0.15, 0.2) is 132 Å². The van der Waals surface area contributed by atoms with Gasteiger partial charge in [0.2, 0.25) is 11.8 Å². The second-order valence-electron chi connectivity index (χ2n) is 27.8. The molecule has 0 unspecified atom stereocenters. The van der Waals surface area contributed by atoms with Crippen molar-refractivity contribution in [3.8, 4) is 39.6 Å². The van der Waals surface area contributed by atoms with Gasteiger partial charge in [-0.3, -0.25) is 14.3 Å². The second kappa shape index (κ2) is 39.2. The number of hydrogen-bond acceptors (Lipinski definition) is 20. The maximum atomic E-state index is 14.7. The largest absolute Gasteiger partial charge is 1.00 e. The molecule has 0 saturated heterocycles. The first kappa shape index (κ1) is 90.7. The number of carboxylic acids is 2. The Kier molecular flexibility index (Phi) is 33.9. The number of rotatable bonds is 24. The minimum absolute atomic E-state index is 0. The number of methoxy groups -OCH3 is 2. The SMILES string of the molecule is CC(C)c1cc(F)cc(-c2ccnc(F)c2)c1CC(=O)OC(C)(C)C.CC(C)c1cc(F)cc(-c2ccnc(OCC(C)(C)n3nc(S(C)(=O)=O)cc3C(=O)O)c2)c1CC(C)(C)C.COc1ccc(CN(Cc2ccc(OC)cc2)S(=O)(=O)c2cc(C(=O)[O-])n(C(C)(C)CO)n2)cc1.O=C=O.O=CO.[K+]. The average Bonchev–Trinajstić information content (AvgIpc) is 1.35. The van der Waals surface area contributed by atoms with Crippen molar-refractivity contribution < 1.29 is 150 Å². The number of benzene rings is 4. The molecule has 0 bridgehead atoms. The molecule has 0 amide bonds.